The molecule has 1 aromatic heterocycles. The normalized spacial score (nSPS) is 11.8. The monoisotopic (exact) mass is 375 g/mol. The Balaban J connectivity index is 2.12. The van der Waals surface area contributed by atoms with Gasteiger partial charge in [0.2, 0.25) is 5.91 Å². The maximum atomic E-state index is 13.7. The number of rotatable bonds is 5. The zero-order valence-corrected chi connectivity index (χ0v) is 15.8. The first kappa shape index (κ1) is 20.5. The molecule has 2 N–H and O–H groups in total. The highest BCUT2D eigenvalue weighted by Gasteiger charge is 2.27. The largest absolute Gasteiger partial charge is 0.346 e. The van der Waals surface area contributed by atoms with Gasteiger partial charge in [0.1, 0.15) is 5.69 Å². The molecule has 0 spiro atoms. The van der Waals surface area contributed by atoms with E-state index in [1.165, 1.54) is 36.5 Å². The van der Waals surface area contributed by atoms with Crippen molar-refractivity contribution >= 4 is 17.5 Å². The Bertz CT molecular complexity index is 840. The molecule has 0 saturated carbocycles. The molecule has 5 nitrogen and oxygen atoms in total. The van der Waals surface area contributed by atoms with Crippen LogP contribution in [0.4, 0.5) is 14.5 Å². The summed E-state index contributed by atoms with van der Waals surface area (Å²) in [5, 5.41) is 5.41. The summed E-state index contributed by atoms with van der Waals surface area (Å²) in [6, 6.07) is 8.91. The molecule has 1 aromatic carbocycles. The van der Waals surface area contributed by atoms with Gasteiger partial charge in [-0.1, -0.05) is 24.3 Å². The van der Waals surface area contributed by atoms with Crippen molar-refractivity contribution in [2.45, 2.75) is 45.6 Å². The van der Waals surface area contributed by atoms with E-state index in [4.69, 9.17) is 0 Å². The number of carbonyl (C=O) groups excluding carboxylic acids is 2. The Morgan fingerprint density at radius 1 is 1.07 bits per heavy atom. The lowest BCUT2D eigenvalue weighted by molar-refractivity contribution is -0.115. The van der Waals surface area contributed by atoms with E-state index in [0.717, 1.165) is 6.92 Å². The van der Waals surface area contributed by atoms with Crippen LogP contribution >= 0.6 is 0 Å². The minimum absolute atomic E-state index is 0.156. The van der Waals surface area contributed by atoms with Crippen LogP contribution in [0, 0.1) is 0 Å². The van der Waals surface area contributed by atoms with E-state index in [-0.39, 0.29) is 29.1 Å². The summed E-state index contributed by atoms with van der Waals surface area (Å²) in [4.78, 5) is 28.5. The van der Waals surface area contributed by atoms with Gasteiger partial charge < -0.3 is 10.6 Å². The molecule has 1 heterocycles. The van der Waals surface area contributed by atoms with Gasteiger partial charge in [-0.25, -0.2) is 8.78 Å². The maximum absolute atomic E-state index is 13.7. The number of alkyl halides is 2. The summed E-state index contributed by atoms with van der Waals surface area (Å²) in [5.41, 5.74) is 0.174. The quantitative estimate of drug-likeness (QED) is 0.833. The summed E-state index contributed by atoms with van der Waals surface area (Å²) in [6.45, 7) is 6.33. The van der Waals surface area contributed by atoms with Crippen molar-refractivity contribution in [3.63, 3.8) is 0 Å². The molecule has 2 rings (SSSR count). The van der Waals surface area contributed by atoms with Crippen molar-refractivity contribution < 1.29 is 18.4 Å². The Hall–Kier alpha value is -2.83. The van der Waals surface area contributed by atoms with Crippen molar-refractivity contribution in [3.05, 3.63) is 59.4 Å². The van der Waals surface area contributed by atoms with Crippen molar-refractivity contribution in [1.29, 1.82) is 0 Å². The summed E-state index contributed by atoms with van der Waals surface area (Å²) in [7, 11) is 0. The Morgan fingerprint density at radius 3 is 2.37 bits per heavy atom. The van der Waals surface area contributed by atoms with Crippen LogP contribution in [-0.4, -0.2) is 22.3 Å². The summed E-state index contributed by atoms with van der Waals surface area (Å²) in [6.07, 6.45) is 1.20. The average Bonchev–Trinajstić information content (AvgIpc) is 2.53. The number of aromatic nitrogens is 1. The highest BCUT2D eigenvalue weighted by atomic mass is 19.3. The number of amides is 2. The topological polar surface area (TPSA) is 71.1 Å². The van der Waals surface area contributed by atoms with Crippen molar-refractivity contribution in [3.8, 4) is 0 Å². The van der Waals surface area contributed by atoms with Gasteiger partial charge in [0, 0.05) is 29.9 Å². The number of halogens is 2. The van der Waals surface area contributed by atoms with Gasteiger partial charge in [-0.05, 0) is 38.5 Å². The fourth-order valence-corrected chi connectivity index (χ4v) is 2.52. The third kappa shape index (κ3) is 6.13. The molecule has 0 aliphatic heterocycles. The molecular formula is C20H23F2N3O2. The lowest BCUT2D eigenvalue weighted by Crippen LogP contribution is -2.40. The molecule has 0 aliphatic carbocycles. The van der Waals surface area contributed by atoms with Gasteiger partial charge in [0.15, 0.2) is 0 Å². The summed E-state index contributed by atoms with van der Waals surface area (Å²) in [5.74, 6) is -3.86. The third-order valence-corrected chi connectivity index (χ3v) is 3.61. The highest BCUT2D eigenvalue weighted by molar-refractivity contribution is 5.96. The van der Waals surface area contributed by atoms with Gasteiger partial charge in [-0.2, -0.15) is 0 Å². The predicted octanol–water partition coefficient (Wildman–Crippen LogP) is 3.90. The molecule has 7 heteroatoms. The third-order valence-electron chi connectivity index (χ3n) is 3.61. The molecule has 2 aromatic rings. The van der Waals surface area contributed by atoms with Crippen LogP contribution in [0.2, 0.25) is 0 Å². The smallest absolute Gasteiger partial charge is 0.270 e. The number of nitrogens with one attached hydrogen (secondary N) is 2. The number of pyridine rings is 1. The van der Waals surface area contributed by atoms with Gasteiger partial charge in [0.05, 0.1) is 6.42 Å². The Labute approximate surface area is 157 Å². The first-order valence-electron chi connectivity index (χ1n) is 8.50. The van der Waals surface area contributed by atoms with Crippen LogP contribution in [0.3, 0.4) is 0 Å². The van der Waals surface area contributed by atoms with E-state index in [1.54, 1.807) is 6.07 Å². The number of hydrogen-bond donors (Lipinski definition) is 2. The van der Waals surface area contributed by atoms with Crippen LogP contribution in [-0.2, 0) is 17.1 Å². The second-order valence-electron chi connectivity index (χ2n) is 7.40. The molecule has 144 valence electrons. The summed E-state index contributed by atoms with van der Waals surface area (Å²) < 4.78 is 27.4. The maximum Gasteiger partial charge on any atom is 0.270 e. The fraction of sp³-hybridized carbons (Fsp3) is 0.350. The van der Waals surface area contributed by atoms with E-state index < -0.39 is 17.4 Å². The van der Waals surface area contributed by atoms with Crippen molar-refractivity contribution in [1.82, 2.24) is 10.3 Å². The SMILES string of the molecule is CC(C)(C)NC(=O)c1cc(NC(=O)Cc2ccccc2C(C)(F)F)ccn1. The minimum atomic E-state index is -3.04. The molecular weight excluding hydrogens is 352 g/mol. The lowest BCUT2D eigenvalue weighted by atomic mass is 10.00. The molecule has 2 amide bonds. The van der Waals surface area contributed by atoms with Crippen LogP contribution in [0.25, 0.3) is 0 Å². The number of anilines is 1. The molecule has 0 aliphatic rings. The number of carbonyl (C=O) groups is 2. The van der Waals surface area contributed by atoms with Gasteiger partial charge in [-0.15, -0.1) is 0 Å². The second kappa shape index (κ2) is 7.82. The molecule has 0 radical (unpaired) electrons. The van der Waals surface area contributed by atoms with E-state index in [0.29, 0.717) is 5.69 Å². The van der Waals surface area contributed by atoms with E-state index >= 15 is 0 Å². The van der Waals surface area contributed by atoms with Crippen LogP contribution < -0.4 is 10.6 Å². The first-order valence-corrected chi connectivity index (χ1v) is 8.50. The predicted molar refractivity (Wildman–Crippen MR) is 99.8 cm³/mol. The molecule has 0 fully saturated rings. The molecule has 0 saturated heterocycles. The molecule has 27 heavy (non-hydrogen) atoms. The number of nitrogens with zero attached hydrogens (tertiary/aromatic N) is 1. The van der Waals surface area contributed by atoms with Crippen LogP contribution in [0.15, 0.2) is 42.6 Å². The Morgan fingerprint density at radius 2 is 1.74 bits per heavy atom. The van der Waals surface area contributed by atoms with Crippen LogP contribution in [0.5, 0.6) is 0 Å². The van der Waals surface area contributed by atoms with Gasteiger partial charge in [0.25, 0.3) is 11.8 Å². The molecule has 0 atom stereocenters. The van der Waals surface area contributed by atoms with E-state index in [1.807, 2.05) is 20.8 Å². The number of hydrogen-bond acceptors (Lipinski definition) is 3. The average molecular weight is 375 g/mol. The van der Waals surface area contributed by atoms with Crippen LogP contribution in [0.1, 0.15) is 49.3 Å². The second-order valence-corrected chi connectivity index (χ2v) is 7.40. The fourth-order valence-electron chi connectivity index (χ4n) is 2.52. The zero-order chi connectivity index (χ0) is 20.2. The first-order chi connectivity index (χ1) is 12.5. The molecule has 0 unspecified atom stereocenters. The van der Waals surface area contributed by atoms with Gasteiger partial charge >= 0.3 is 0 Å². The van der Waals surface area contributed by atoms with Crippen molar-refractivity contribution in [2.75, 3.05) is 5.32 Å². The summed E-state index contributed by atoms with van der Waals surface area (Å²) >= 11 is 0. The molecule has 0 bridgehead atoms. The van der Waals surface area contributed by atoms with Gasteiger partial charge in [-0.3, -0.25) is 14.6 Å². The number of benzene rings is 1. The lowest BCUT2D eigenvalue weighted by Gasteiger charge is -2.20. The highest BCUT2D eigenvalue weighted by Crippen LogP contribution is 2.30. The Kier molecular flexibility index (Phi) is 5.93. The zero-order valence-electron chi connectivity index (χ0n) is 15.8. The van der Waals surface area contributed by atoms with E-state index in [2.05, 4.69) is 15.6 Å². The minimum Gasteiger partial charge on any atom is -0.346 e. The van der Waals surface area contributed by atoms with E-state index in [9.17, 15) is 18.4 Å². The van der Waals surface area contributed by atoms with Crippen molar-refractivity contribution in [2.24, 2.45) is 0 Å². The standard InChI is InChI=1S/C20H23F2N3O2/c1-19(2,3)25-18(27)16-12-14(9-10-23-16)24-17(26)11-13-7-5-6-8-15(13)20(4,21)22/h5-10,12H,11H2,1-4H3,(H,25,27)(H,23,24,26).